The van der Waals surface area contributed by atoms with Gasteiger partial charge >= 0.3 is 11.9 Å². The van der Waals surface area contributed by atoms with Gasteiger partial charge in [-0.3, -0.25) is 4.79 Å². The molecular formula is C10H16BrNO5. The molecule has 0 aromatic carbocycles. The van der Waals surface area contributed by atoms with Crippen molar-refractivity contribution < 1.29 is 23.9 Å². The van der Waals surface area contributed by atoms with Gasteiger partial charge in [0.2, 0.25) is 11.4 Å². The van der Waals surface area contributed by atoms with Gasteiger partial charge in [-0.2, -0.15) is 0 Å². The van der Waals surface area contributed by atoms with Gasteiger partial charge in [0.15, 0.2) is 0 Å². The molecule has 0 fully saturated rings. The lowest BCUT2D eigenvalue weighted by Gasteiger charge is -2.27. The Kier molecular flexibility index (Phi) is 6.79. The maximum atomic E-state index is 11.8. The number of amides is 1. The topological polar surface area (TPSA) is 81.7 Å². The summed E-state index contributed by atoms with van der Waals surface area (Å²) in [7, 11) is 0. The normalized spacial score (nSPS) is 10.6. The van der Waals surface area contributed by atoms with Gasteiger partial charge < -0.3 is 14.8 Å². The van der Waals surface area contributed by atoms with Crippen LogP contribution in [0, 0.1) is 0 Å². The van der Waals surface area contributed by atoms with E-state index in [4.69, 9.17) is 9.47 Å². The molecule has 0 saturated carbocycles. The number of carbonyl (C=O) groups is 3. The van der Waals surface area contributed by atoms with Crippen LogP contribution in [0.4, 0.5) is 0 Å². The quantitative estimate of drug-likeness (QED) is 0.436. The number of alkyl halides is 1. The molecule has 17 heavy (non-hydrogen) atoms. The molecule has 0 saturated heterocycles. The minimum absolute atomic E-state index is 0.104. The average Bonchev–Trinajstić information content (AvgIpc) is 2.26. The Bertz CT molecular complexity index is 287. The zero-order valence-electron chi connectivity index (χ0n) is 10.0. The second-order valence-corrected chi connectivity index (χ2v) is 3.72. The lowest BCUT2D eigenvalue weighted by atomic mass is 10.0. The zero-order chi connectivity index (χ0) is 13.5. The van der Waals surface area contributed by atoms with E-state index in [1.165, 1.54) is 6.92 Å². The monoisotopic (exact) mass is 309 g/mol. The summed E-state index contributed by atoms with van der Waals surface area (Å²) < 4.78 is 9.56. The maximum Gasteiger partial charge on any atom is 0.344 e. The Morgan fingerprint density at radius 1 is 1.12 bits per heavy atom. The van der Waals surface area contributed by atoms with Gasteiger partial charge in [-0.05, 0) is 13.8 Å². The van der Waals surface area contributed by atoms with Crippen molar-refractivity contribution in [2.75, 3.05) is 18.5 Å². The molecule has 0 heterocycles. The van der Waals surface area contributed by atoms with Crippen LogP contribution in [0.25, 0.3) is 0 Å². The van der Waals surface area contributed by atoms with Crippen molar-refractivity contribution in [1.82, 2.24) is 5.32 Å². The number of hydrogen-bond donors (Lipinski definition) is 1. The third-order valence-electron chi connectivity index (χ3n) is 1.84. The van der Waals surface area contributed by atoms with Crippen molar-refractivity contribution in [3.8, 4) is 0 Å². The number of hydrogen-bond acceptors (Lipinski definition) is 5. The standard InChI is InChI=1S/C10H16BrNO5/c1-4-16-8(14)10(6-11,12-7(3)13)9(15)17-5-2/h4-6H2,1-3H3,(H,12,13). The Balaban J connectivity index is 5.19. The summed E-state index contributed by atoms with van der Waals surface area (Å²) >= 11 is 3.03. The summed E-state index contributed by atoms with van der Waals surface area (Å²) in [6, 6.07) is 0. The molecule has 0 radical (unpaired) electrons. The Morgan fingerprint density at radius 2 is 1.53 bits per heavy atom. The molecule has 6 nitrogen and oxygen atoms in total. The van der Waals surface area contributed by atoms with Crippen LogP contribution in [0.15, 0.2) is 0 Å². The Morgan fingerprint density at radius 3 is 1.76 bits per heavy atom. The molecule has 0 bridgehead atoms. The lowest BCUT2D eigenvalue weighted by Crippen LogP contribution is -2.62. The van der Waals surface area contributed by atoms with E-state index in [1.807, 2.05) is 0 Å². The van der Waals surface area contributed by atoms with E-state index in [0.29, 0.717) is 0 Å². The zero-order valence-corrected chi connectivity index (χ0v) is 11.6. The molecule has 1 N–H and O–H groups in total. The van der Waals surface area contributed by atoms with Gasteiger partial charge in [-0.1, -0.05) is 15.9 Å². The second-order valence-electron chi connectivity index (χ2n) is 3.16. The molecule has 0 spiro atoms. The van der Waals surface area contributed by atoms with Gasteiger partial charge in [-0.25, -0.2) is 9.59 Å². The van der Waals surface area contributed by atoms with E-state index >= 15 is 0 Å². The van der Waals surface area contributed by atoms with Crippen LogP contribution in [0.5, 0.6) is 0 Å². The summed E-state index contributed by atoms with van der Waals surface area (Å²) in [6.45, 7) is 4.63. The lowest BCUT2D eigenvalue weighted by molar-refractivity contribution is -0.166. The van der Waals surface area contributed by atoms with Gasteiger partial charge in [-0.15, -0.1) is 0 Å². The highest BCUT2D eigenvalue weighted by atomic mass is 79.9. The number of rotatable bonds is 6. The van der Waals surface area contributed by atoms with Crippen LogP contribution < -0.4 is 5.32 Å². The molecule has 0 rings (SSSR count). The van der Waals surface area contributed by atoms with Crippen molar-refractivity contribution in [1.29, 1.82) is 0 Å². The summed E-state index contributed by atoms with van der Waals surface area (Å²) in [4.78, 5) is 34.6. The predicted molar refractivity (Wildman–Crippen MR) is 63.6 cm³/mol. The van der Waals surface area contributed by atoms with Gasteiger partial charge in [0.1, 0.15) is 0 Å². The number of esters is 2. The summed E-state index contributed by atoms with van der Waals surface area (Å²) in [5, 5.41) is 2.16. The fraction of sp³-hybridized carbons (Fsp3) is 0.700. The van der Waals surface area contributed by atoms with Crippen LogP contribution in [0.2, 0.25) is 0 Å². The first-order valence-electron chi connectivity index (χ1n) is 5.13. The van der Waals surface area contributed by atoms with Crippen LogP contribution in [-0.2, 0) is 23.9 Å². The van der Waals surface area contributed by atoms with E-state index in [1.54, 1.807) is 13.8 Å². The van der Waals surface area contributed by atoms with Crippen LogP contribution in [-0.4, -0.2) is 41.9 Å². The van der Waals surface area contributed by atoms with E-state index < -0.39 is 23.4 Å². The highest BCUT2D eigenvalue weighted by molar-refractivity contribution is 9.09. The van der Waals surface area contributed by atoms with E-state index in [0.717, 1.165) is 0 Å². The van der Waals surface area contributed by atoms with Crippen molar-refractivity contribution in [2.24, 2.45) is 0 Å². The highest BCUT2D eigenvalue weighted by Gasteiger charge is 2.49. The molecule has 0 aliphatic carbocycles. The SMILES string of the molecule is CCOC(=O)C(CBr)(NC(C)=O)C(=O)OCC. The Labute approximate surface area is 108 Å². The fourth-order valence-electron chi connectivity index (χ4n) is 1.14. The number of halogens is 1. The maximum absolute atomic E-state index is 11.8. The molecular weight excluding hydrogens is 294 g/mol. The molecule has 1 amide bonds. The number of nitrogens with one attached hydrogen (secondary N) is 1. The summed E-state index contributed by atoms with van der Waals surface area (Å²) in [6.07, 6.45) is 0. The summed E-state index contributed by atoms with van der Waals surface area (Å²) in [5.41, 5.74) is -1.82. The molecule has 7 heteroatoms. The molecule has 0 aliphatic heterocycles. The van der Waals surface area contributed by atoms with Gasteiger partial charge in [0.25, 0.3) is 0 Å². The van der Waals surface area contributed by atoms with E-state index in [2.05, 4.69) is 21.2 Å². The van der Waals surface area contributed by atoms with E-state index in [9.17, 15) is 14.4 Å². The largest absolute Gasteiger partial charge is 0.464 e. The molecule has 0 atom stereocenters. The smallest absolute Gasteiger partial charge is 0.344 e. The average molecular weight is 310 g/mol. The predicted octanol–water partition coefficient (Wildman–Crippen LogP) is 0.382. The number of carbonyl (C=O) groups excluding carboxylic acids is 3. The highest BCUT2D eigenvalue weighted by Crippen LogP contribution is 2.14. The molecule has 0 aliphatic rings. The first-order chi connectivity index (χ1) is 7.94. The molecule has 98 valence electrons. The molecule has 0 unspecified atom stereocenters. The van der Waals surface area contributed by atoms with Gasteiger partial charge in [0, 0.05) is 12.3 Å². The van der Waals surface area contributed by atoms with Crippen molar-refractivity contribution in [3.63, 3.8) is 0 Å². The van der Waals surface area contributed by atoms with Crippen LogP contribution in [0.1, 0.15) is 20.8 Å². The molecule has 0 aromatic heterocycles. The second kappa shape index (κ2) is 7.26. The summed E-state index contributed by atoms with van der Waals surface area (Å²) in [5.74, 6) is -2.21. The van der Waals surface area contributed by atoms with Crippen molar-refractivity contribution in [3.05, 3.63) is 0 Å². The van der Waals surface area contributed by atoms with Crippen LogP contribution >= 0.6 is 15.9 Å². The van der Waals surface area contributed by atoms with E-state index in [-0.39, 0.29) is 18.5 Å². The third-order valence-corrected chi connectivity index (χ3v) is 2.68. The first kappa shape index (κ1) is 15.9. The molecule has 0 aromatic rings. The fourth-order valence-corrected chi connectivity index (χ4v) is 1.74. The van der Waals surface area contributed by atoms with Crippen molar-refractivity contribution >= 4 is 33.8 Å². The minimum Gasteiger partial charge on any atom is -0.464 e. The van der Waals surface area contributed by atoms with Gasteiger partial charge in [0.05, 0.1) is 13.2 Å². The van der Waals surface area contributed by atoms with Crippen molar-refractivity contribution in [2.45, 2.75) is 26.3 Å². The minimum atomic E-state index is -1.82. The third kappa shape index (κ3) is 3.99. The Hall–Kier alpha value is -1.11. The van der Waals surface area contributed by atoms with Crippen LogP contribution in [0.3, 0.4) is 0 Å². The number of ether oxygens (including phenoxy) is 2. The first-order valence-corrected chi connectivity index (χ1v) is 6.25.